The highest BCUT2D eigenvalue weighted by molar-refractivity contribution is 5.80. The van der Waals surface area contributed by atoms with Crippen molar-refractivity contribution in [2.24, 2.45) is 17.3 Å². The lowest BCUT2D eigenvalue weighted by atomic mass is 9.71. The van der Waals surface area contributed by atoms with Gasteiger partial charge in [0.1, 0.15) is 5.78 Å². The molecule has 0 N–H and O–H groups in total. The number of ketones is 1. The van der Waals surface area contributed by atoms with Crippen LogP contribution >= 0.6 is 0 Å². The molecular formula is C15H24O. The van der Waals surface area contributed by atoms with Crippen LogP contribution in [0.1, 0.15) is 59.3 Å². The third-order valence-corrected chi connectivity index (χ3v) is 3.86. The summed E-state index contributed by atoms with van der Waals surface area (Å²) in [5.74, 6) is 1.74. The molecule has 1 heteroatoms. The molecule has 90 valence electrons. The summed E-state index contributed by atoms with van der Waals surface area (Å²) in [5, 5.41) is 0. The Morgan fingerprint density at radius 2 is 2.00 bits per heavy atom. The van der Waals surface area contributed by atoms with Gasteiger partial charge in [0.15, 0.2) is 0 Å². The molecule has 2 aliphatic rings. The Kier molecular flexibility index (Phi) is 3.23. The third kappa shape index (κ3) is 3.20. The molecule has 2 aliphatic carbocycles. The Morgan fingerprint density at radius 1 is 1.25 bits per heavy atom. The molecule has 2 rings (SSSR count). The number of hydrogen-bond acceptors (Lipinski definition) is 1. The van der Waals surface area contributed by atoms with Crippen LogP contribution in [0.2, 0.25) is 0 Å². The molecule has 0 aliphatic heterocycles. The molecule has 1 nitrogen and oxygen atoms in total. The van der Waals surface area contributed by atoms with Crippen molar-refractivity contribution in [2.45, 2.75) is 59.3 Å². The van der Waals surface area contributed by atoms with Crippen LogP contribution in [0.4, 0.5) is 0 Å². The number of allylic oxidation sites excluding steroid dienone is 2. The summed E-state index contributed by atoms with van der Waals surface area (Å²) in [6.07, 6.45) is 9.05. The van der Waals surface area contributed by atoms with E-state index in [4.69, 9.17) is 0 Å². The van der Waals surface area contributed by atoms with Crippen LogP contribution in [0.15, 0.2) is 11.6 Å². The van der Waals surface area contributed by atoms with Crippen molar-refractivity contribution in [1.82, 2.24) is 0 Å². The van der Waals surface area contributed by atoms with E-state index in [0.717, 1.165) is 12.8 Å². The van der Waals surface area contributed by atoms with Gasteiger partial charge >= 0.3 is 0 Å². The van der Waals surface area contributed by atoms with E-state index in [-0.39, 0.29) is 0 Å². The van der Waals surface area contributed by atoms with Gasteiger partial charge in [0.25, 0.3) is 0 Å². The SMILES string of the molecule is CC(C)(C)CCC1=C[C@H]2CC(=O)C[C@@H](C1)C2. The number of carbonyl (C=O) groups excluding carboxylic acids is 1. The summed E-state index contributed by atoms with van der Waals surface area (Å²) >= 11 is 0. The van der Waals surface area contributed by atoms with Crippen molar-refractivity contribution in [3.63, 3.8) is 0 Å². The molecule has 0 spiro atoms. The van der Waals surface area contributed by atoms with Crippen molar-refractivity contribution < 1.29 is 4.79 Å². The van der Waals surface area contributed by atoms with Crippen LogP contribution in [-0.4, -0.2) is 5.78 Å². The predicted octanol–water partition coefficient (Wildman–Crippen LogP) is 4.13. The first-order chi connectivity index (χ1) is 7.42. The number of hydrogen-bond donors (Lipinski definition) is 0. The minimum atomic E-state index is 0.434. The molecule has 16 heavy (non-hydrogen) atoms. The summed E-state index contributed by atoms with van der Waals surface area (Å²) in [6, 6.07) is 0. The van der Waals surface area contributed by atoms with Gasteiger partial charge in [-0.15, -0.1) is 0 Å². The van der Waals surface area contributed by atoms with Gasteiger partial charge in [0.05, 0.1) is 0 Å². The van der Waals surface area contributed by atoms with E-state index in [0.29, 0.717) is 23.0 Å². The van der Waals surface area contributed by atoms with E-state index in [9.17, 15) is 4.79 Å². The highest BCUT2D eigenvalue weighted by Gasteiger charge is 2.30. The lowest BCUT2D eigenvalue weighted by Crippen LogP contribution is -2.26. The van der Waals surface area contributed by atoms with Crippen molar-refractivity contribution in [2.75, 3.05) is 0 Å². The number of rotatable bonds is 2. The fourth-order valence-corrected chi connectivity index (χ4v) is 3.07. The monoisotopic (exact) mass is 220 g/mol. The van der Waals surface area contributed by atoms with Gasteiger partial charge in [-0.3, -0.25) is 4.79 Å². The summed E-state index contributed by atoms with van der Waals surface area (Å²) < 4.78 is 0. The fourth-order valence-electron chi connectivity index (χ4n) is 3.07. The Bertz CT molecular complexity index is 306. The van der Waals surface area contributed by atoms with Gasteiger partial charge < -0.3 is 0 Å². The Hall–Kier alpha value is -0.590. The topological polar surface area (TPSA) is 17.1 Å². The molecule has 0 saturated heterocycles. The van der Waals surface area contributed by atoms with Crippen LogP contribution in [0.5, 0.6) is 0 Å². The van der Waals surface area contributed by atoms with Gasteiger partial charge in [-0.2, -0.15) is 0 Å². The zero-order valence-electron chi connectivity index (χ0n) is 10.9. The Morgan fingerprint density at radius 3 is 2.62 bits per heavy atom. The largest absolute Gasteiger partial charge is 0.300 e. The third-order valence-electron chi connectivity index (χ3n) is 3.86. The molecule has 0 heterocycles. The van der Waals surface area contributed by atoms with Crippen molar-refractivity contribution >= 4 is 5.78 Å². The number of Topliss-reactive ketones (excluding diaryl/α,β-unsaturated/α-hetero) is 1. The highest BCUT2D eigenvalue weighted by Crippen LogP contribution is 2.39. The number of carbonyl (C=O) groups is 1. The molecule has 1 fully saturated rings. The van der Waals surface area contributed by atoms with E-state index in [1.165, 1.54) is 25.7 Å². The zero-order valence-corrected chi connectivity index (χ0v) is 10.9. The average molecular weight is 220 g/mol. The molecule has 2 bridgehead atoms. The molecule has 0 aromatic carbocycles. The second-order valence-electron chi connectivity index (χ2n) is 6.90. The van der Waals surface area contributed by atoms with Crippen molar-refractivity contribution in [1.29, 1.82) is 0 Å². The van der Waals surface area contributed by atoms with Gasteiger partial charge in [-0.1, -0.05) is 32.4 Å². The van der Waals surface area contributed by atoms with Crippen molar-refractivity contribution in [3.05, 3.63) is 11.6 Å². The maximum atomic E-state index is 11.5. The molecule has 0 radical (unpaired) electrons. The summed E-state index contributed by atoms with van der Waals surface area (Å²) in [5.41, 5.74) is 2.06. The van der Waals surface area contributed by atoms with E-state index in [1.54, 1.807) is 5.57 Å². The van der Waals surface area contributed by atoms with Gasteiger partial charge in [-0.05, 0) is 42.9 Å². The predicted molar refractivity (Wildman–Crippen MR) is 67.2 cm³/mol. The van der Waals surface area contributed by atoms with Crippen molar-refractivity contribution in [3.8, 4) is 0 Å². The summed E-state index contributed by atoms with van der Waals surface area (Å²) in [7, 11) is 0. The molecule has 0 aromatic heterocycles. The molecule has 0 amide bonds. The second kappa shape index (κ2) is 4.35. The lowest BCUT2D eigenvalue weighted by molar-refractivity contribution is -0.122. The summed E-state index contributed by atoms with van der Waals surface area (Å²) in [6.45, 7) is 6.92. The molecule has 2 atom stereocenters. The lowest BCUT2D eigenvalue weighted by Gasteiger charge is -2.33. The fraction of sp³-hybridized carbons (Fsp3) is 0.800. The maximum Gasteiger partial charge on any atom is 0.133 e. The average Bonchev–Trinajstić information content (AvgIpc) is 2.11. The van der Waals surface area contributed by atoms with E-state index >= 15 is 0 Å². The second-order valence-corrected chi connectivity index (χ2v) is 6.90. The normalized spacial score (nSPS) is 30.2. The minimum absolute atomic E-state index is 0.434. The Balaban J connectivity index is 1.94. The Labute approximate surface area is 99.3 Å². The molecule has 0 unspecified atom stereocenters. The highest BCUT2D eigenvalue weighted by atomic mass is 16.1. The standard InChI is InChI=1S/C15H24O/c1-15(2,3)5-4-11-6-12-8-13(7-11)10-14(16)9-12/h6,12-13H,4-5,7-10H2,1-3H3/t12-,13+/m1/s1. The van der Waals surface area contributed by atoms with Crippen LogP contribution in [0.3, 0.4) is 0 Å². The van der Waals surface area contributed by atoms with Crippen LogP contribution in [-0.2, 0) is 4.79 Å². The number of fused-ring (bicyclic) bond motifs is 2. The van der Waals surface area contributed by atoms with Gasteiger partial charge in [0, 0.05) is 12.8 Å². The minimum Gasteiger partial charge on any atom is -0.300 e. The van der Waals surface area contributed by atoms with Crippen LogP contribution in [0.25, 0.3) is 0 Å². The van der Waals surface area contributed by atoms with Crippen LogP contribution < -0.4 is 0 Å². The van der Waals surface area contributed by atoms with E-state index in [1.807, 2.05) is 0 Å². The quantitative estimate of drug-likeness (QED) is 0.639. The first-order valence-electron chi connectivity index (χ1n) is 6.64. The van der Waals surface area contributed by atoms with Crippen LogP contribution in [0, 0.1) is 17.3 Å². The molecular weight excluding hydrogens is 196 g/mol. The van der Waals surface area contributed by atoms with Gasteiger partial charge in [0.2, 0.25) is 0 Å². The van der Waals surface area contributed by atoms with E-state index in [2.05, 4.69) is 26.8 Å². The molecule has 1 saturated carbocycles. The maximum absolute atomic E-state index is 11.5. The first-order valence-corrected chi connectivity index (χ1v) is 6.64. The molecule has 0 aromatic rings. The summed E-state index contributed by atoms with van der Waals surface area (Å²) in [4.78, 5) is 11.5. The smallest absolute Gasteiger partial charge is 0.133 e. The van der Waals surface area contributed by atoms with E-state index < -0.39 is 0 Å². The van der Waals surface area contributed by atoms with Gasteiger partial charge in [-0.25, -0.2) is 0 Å². The first kappa shape index (κ1) is 11.9. The zero-order chi connectivity index (χ0) is 11.8.